The molecule has 0 aliphatic rings. The molecule has 2 aromatic rings. The Morgan fingerprint density at radius 3 is 3.00 bits per heavy atom. The number of carbonyl (C=O) groups is 2. The number of aromatic nitrogens is 3. The van der Waals surface area contributed by atoms with E-state index in [0.717, 1.165) is 10.7 Å². The average Bonchev–Trinajstić information content (AvgIpc) is 3.05. The van der Waals surface area contributed by atoms with Gasteiger partial charge in [0.15, 0.2) is 0 Å². The van der Waals surface area contributed by atoms with Gasteiger partial charge in [-0.25, -0.2) is 4.98 Å². The Kier molecular flexibility index (Phi) is 4.83. The van der Waals surface area contributed by atoms with Gasteiger partial charge in [-0.1, -0.05) is 0 Å². The molecule has 0 bridgehead atoms. The molecule has 0 aliphatic heterocycles. The number of hydrogen-bond donors (Lipinski definition) is 1. The molecule has 110 valence electrons. The average molecular weight is 306 g/mol. The minimum Gasteiger partial charge on any atom is -0.468 e. The lowest BCUT2D eigenvalue weighted by molar-refractivity contribution is -0.141. The molecule has 0 atom stereocenters. The van der Waals surface area contributed by atoms with Gasteiger partial charge >= 0.3 is 5.97 Å². The van der Waals surface area contributed by atoms with Crippen LogP contribution >= 0.6 is 11.3 Å². The van der Waals surface area contributed by atoms with E-state index in [4.69, 9.17) is 0 Å². The van der Waals surface area contributed by atoms with E-state index in [1.807, 2.05) is 12.3 Å². The van der Waals surface area contributed by atoms with Crippen molar-refractivity contribution in [2.24, 2.45) is 0 Å². The fourth-order valence-electron chi connectivity index (χ4n) is 1.51. The molecule has 0 saturated carbocycles. The molecule has 21 heavy (non-hydrogen) atoms. The summed E-state index contributed by atoms with van der Waals surface area (Å²) in [7, 11) is 1.31. The van der Waals surface area contributed by atoms with Gasteiger partial charge in [-0.3, -0.25) is 14.3 Å². The van der Waals surface area contributed by atoms with Gasteiger partial charge in [-0.2, -0.15) is 5.10 Å². The van der Waals surface area contributed by atoms with E-state index < -0.39 is 5.97 Å². The van der Waals surface area contributed by atoms with E-state index >= 15 is 0 Å². The monoisotopic (exact) mass is 306 g/mol. The molecule has 2 heterocycles. The zero-order valence-electron chi connectivity index (χ0n) is 11.6. The van der Waals surface area contributed by atoms with Crippen LogP contribution in [0.2, 0.25) is 0 Å². The van der Waals surface area contributed by atoms with Crippen LogP contribution in [0.25, 0.3) is 6.08 Å². The van der Waals surface area contributed by atoms with Crippen molar-refractivity contribution in [3.63, 3.8) is 0 Å². The maximum atomic E-state index is 11.7. The van der Waals surface area contributed by atoms with Crippen LogP contribution in [0.15, 0.2) is 23.8 Å². The maximum Gasteiger partial charge on any atom is 0.327 e. The van der Waals surface area contributed by atoms with Gasteiger partial charge in [0, 0.05) is 17.7 Å². The summed E-state index contributed by atoms with van der Waals surface area (Å²) < 4.78 is 5.91. The lowest BCUT2D eigenvalue weighted by atomic mass is 10.4. The van der Waals surface area contributed by atoms with Crippen LogP contribution in [0.3, 0.4) is 0 Å². The number of esters is 1. The lowest BCUT2D eigenvalue weighted by Crippen LogP contribution is -2.11. The third kappa shape index (κ3) is 4.53. The quantitative estimate of drug-likeness (QED) is 0.668. The van der Waals surface area contributed by atoms with Gasteiger partial charge in [-0.15, -0.1) is 11.3 Å². The van der Waals surface area contributed by atoms with Crippen molar-refractivity contribution in [3.05, 3.63) is 34.6 Å². The van der Waals surface area contributed by atoms with E-state index in [9.17, 15) is 9.59 Å². The van der Waals surface area contributed by atoms with Gasteiger partial charge in [0.25, 0.3) is 0 Å². The van der Waals surface area contributed by atoms with Crippen LogP contribution in [0.5, 0.6) is 0 Å². The van der Waals surface area contributed by atoms with Gasteiger partial charge in [0.1, 0.15) is 6.54 Å². The number of anilines is 1. The first-order chi connectivity index (χ1) is 10.1. The van der Waals surface area contributed by atoms with Crippen molar-refractivity contribution in [2.45, 2.75) is 13.5 Å². The Balaban J connectivity index is 1.90. The van der Waals surface area contributed by atoms with Crippen LogP contribution in [0.4, 0.5) is 5.69 Å². The molecule has 0 radical (unpaired) electrons. The van der Waals surface area contributed by atoms with Crippen LogP contribution in [0.1, 0.15) is 10.7 Å². The molecule has 2 aromatic heterocycles. The minimum absolute atomic E-state index is 0.000308. The summed E-state index contributed by atoms with van der Waals surface area (Å²) in [6.07, 6.45) is 6.04. The predicted octanol–water partition coefficient (Wildman–Crippen LogP) is 1.47. The number of hydrogen-bond acceptors (Lipinski definition) is 6. The summed E-state index contributed by atoms with van der Waals surface area (Å²) in [6.45, 7) is 1.90. The van der Waals surface area contributed by atoms with Crippen molar-refractivity contribution in [3.8, 4) is 0 Å². The highest BCUT2D eigenvalue weighted by atomic mass is 32.1. The normalized spacial score (nSPS) is 10.8. The second kappa shape index (κ2) is 6.80. The first-order valence-electron chi connectivity index (χ1n) is 6.07. The standard InChI is InChI=1S/C13H14N4O3S/c1-9-15-10(8-21-9)3-4-12(18)16-11-5-14-17(6-11)7-13(19)20-2/h3-6,8H,7H2,1-2H3,(H,16,18)/b4-3+. The molecule has 0 aromatic carbocycles. The zero-order valence-corrected chi connectivity index (χ0v) is 12.4. The molecule has 7 nitrogen and oxygen atoms in total. The van der Waals surface area contributed by atoms with Crippen LogP contribution in [-0.2, 0) is 20.9 Å². The first kappa shape index (κ1) is 14.9. The SMILES string of the molecule is COC(=O)Cn1cc(NC(=O)/C=C/c2csc(C)n2)cn1. The topological polar surface area (TPSA) is 86.1 Å². The second-order valence-electron chi connectivity index (χ2n) is 4.12. The maximum absolute atomic E-state index is 11.7. The van der Waals surface area contributed by atoms with E-state index in [2.05, 4.69) is 20.1 Å². The predicted molar refractivity (Wildman–Crippen MR) is 78.8 cm³/mol. The van der Waals surface area contributed by atoms with E-state index in [-0.39, 0.29) is 12.5 Å². The summed E-state index contributed by atoms with van der Waals surface area (Å²) in [5, 5.41) is 9.40. The van der Waals surface area contributed by atoms with Crippen molar-refractivity contribution in [2.75, 3.05) is 12.4 Å². The van der Waals surface area contributed by atoms with Crippen molar-refractivity contribution < 1.29 is 14.3 Å². The number of aryl methyl sites for hydroxylation is 1. The lowest BCUT2D eigenvalue weighted by Gasteiger charge is -1.98. The Hall–Kier alpha value is -2.48. The highest BCUT2D eigenvalue weighted by Crippen LogP contribution is 2.10. The van der Waals surface area contributed by atoms with Gasteiger partial charge < -0.3 is 10.1 Å². The molecule has 2 rings (SSSR count). The number of amides is 1. The van der Waals surface area contributed by atoms with E-state index in [1.165, 1.54) is 35.4 Å². The van der Waals surface area contributed by atoms with Crippen molar-refractivity contribution in [1.29, 1.82) is 0 Å². The molecular formula is C13H14N4O3S. The Labute approximate surface area is 125 Å². The van der Waals surface area contributed by atoms with Crippen molar-refractivity contribution in [1.82, 2.24) is 14.8 Å². The number of methoxy groups -OCH3 is 1. The smallest absolute Gasteiger partial charge is 0.327 e. The fourth-order valence-corrected chi connectivity index (χ4v) is 2.09. The van der Waals surface area contributed by atoms with E-state index in [1.54, 1.807) is 12.3 Å². The molecular weight excluding hydrogens is 292 g/mol. The minimum atomic E-state index is -0.408. The summed E-state index contributed by atoms with van der Waals surface area (Å²) in [5.41, 5.74) is 1.25. The number of ether oxygens (including phenoxy) is 1. The highest BCUT2D eigenvalue weighted by Gasteiger charge is 2.05. The molecule has 1 amide bonds. The van der Waals surface area contributed by atoms with Crippen LogP contribution in [0, 0.1) is 6.92 Å². The molecule has 0 fully saturated rings. The zero-order chi connectivity index (χ0) is 15.2. The summed E-state index contributed by atoms with van der Waals surface area (Å²) in [6, 6.07) is 0. The second-order valence-corrected chi connectivity index (χ2v) is 5.18. The molecule has 0 unspecified atom stereocenters. The Morgan fingerprint density at radius 2 is 2.33 bits per heavy atom. The molecule has 0 aliphatic carbocycles. The van der Waals surface area contributed by atoms with Gasteiger partial charge in [0.05, 0.1) is 29.7 Å². The third-order valence-electron chi connectivity index (χ3n) is 2.46. The highest BCUT2D eigenvalue weighted by molar-refractivity contribution is 7.09. The first-order valence-corrected chi connectivity index (χ1v) is 6.95. The third-order valence-corrected chi connectivity index (χ3v) is 3.25. The van der Waals surface area contributed by atoms with Crippen LogP contribution in [-0.4, -0.2) is 33.8 Å². The molecule has 0 saturated heterocycles. The number of rotatable bonds is 5. The summed E-state index contributed by atoms with van der Waals surface area (Å²) >= 11 is 1.52. The van der Waals surface area contributed by atoms with Crippen LogP contribution < -0.4 is 5.32 Å². The van der Waals surface area contributed by atoms with E-state index in [0.29, 0.717) is 5.69 Å². The fraction of sp³-hybridized carbons (Fsp3) is 0.231. The molecule has 0 spiro atoms. The Morgan fingerprint density at radius 1 is 1.52 bits per heavy atom. The molecule has 1 N–H and O–H groups in total. The summed E-state index contributed by atoms with van der Waals surface area (Å²) in [4.78, 5) is 27.0. The largest absolute Gasteiger partial charge is 0.468 e. The number of nitrogens with zero attached hydrogens (tertiary/aromatic N) is 3. The van der Waals surface area contributed by atoms with Gasteiger partial charge in [-0.05, 0) is 13.0 Å². The van der Waals surface area contributed by atoms with Gasteiger partial charge in [0.2, 0.25) is 5.91 Å². The number of thiazole rings is 1. The molecule has 8 heteroatoms. The Bertz CT molecular complexity index is 675. The number of carbonyl (C=O) groups excluding carboxylic acids is 2. The van der Waals surface area contributed by atoms with Crippen molar-refractivity contribution >= 4 is 35.0 Å². The summed E-state index contributed by atoms with van der Waals surface area (Å²) in [5.74, 6) is -0.701. The number of nitrogens with one attached hydrogen (secondary N) is 1.